The summed E-state index contributed by atoms with van der Waals surface area (Å²) in [7, 11) is 2.20. The van der Waals surface area contributed by atoms with E-state index in [0.717, 1.165) is 22.5 Å². The Morgan fingerprint density at radius 2 is 1.73 bits per heavy atom. The first-order valence-electron chi connectivity index (χ1n) is 10.9. The zero-order valence-electron chi connectivity index (χ0n) is 17.8. The molecule has 2 aromatic carbocycles. The Labute approximate surface area is 178 Å². The minimum atomic E-state index is 0.544. The van der Waals surface area contributed by atoms with Crippen LogP contribution in [0.15, 0.2) is 67.1 Å². The number of rotatable bonds is 4. The first kappa shape index (κ1) is 18.9. The van der Waals surface area contributed by atoms with Crippen LogP contribution in [0.4, 0.5) is 5.82 Å². The number of hydrogen-bond donors (Lipinski definition) is 0. The Morgan fingerprint density at radius 3 is 2.50 bits per heavy atom. The predicted octanol–water partition coefficient (Wildman–Crippen LogP) is 6.16. The van der Waals surface area contributed by atoms with E-state index in [-0.39, 0.29) is 0 Å². The second-order valence-electron chi connectivity index (χ2n) is 8.42. The molecule has 2 aromatic heterocycles. The molecule has 0 N–H and O–H groups in total. The van der Waals surface area contributed by atoms with Gasteiger partial charge in [0.15, 0.2) is 5.65 Å². The maximum Gasteiger partial charge on any atom is 0.150 e. The van der Waals surface area contributed by atoms with Gasteiger partial charge in [0, 0.05) is 30.5 Å². The fourth-order valence-corrected chi connectivity index (χ4v) is 4.77. The van der Waals surface area contributed by atoms with Crippen LogP contribution in [0.5, 0.6) is 0 Å². The summed E-state index contributed by atoms with van der Waals surface area (Å²) in [5.41, 5.74) is 5.72. The fourth-order valence-electron chi connectivity index (χ4n) is 4.77. The lowest BCUT2D eigenvalue weighted by molar-refractivity contribution is 0.426. The van der Waals surface area contributed by atoms with Crippen LogP contribution in [-0.2, 0) is 0 Å². The topological polar surface area (TPSA) is 34.0 Å². The largest absolute Gasteiger partial charge is 0.356 e. The Bertz CT molecular complexity index is 1160. The summed E-state index contributed by atoms with van der Waals surface area (Å²) in [6.07, 6.45) is 10.4. The fraction of sp³-hybridized carbons (Fsp3) is 0.308. The molecule has 4 nitrogen and oxygen atoms in total. The molecule has 5 rings (SSSR count). The standard InChI is InChI=1S/C26H28N4/c1-19-10-9-15-22(16-19)30-17-23(20-11-5-3-6-12-20)24-25(27-18-28-26(24)30)29(2)21-13-7-4-8-14-21/h3,5-6,9-12,15-18,21H,4,7-8,13-14H2,1-2H3. The number of aryl methyl sites for hydroxylation is 1. The van der Waals surface area contributed by atoms with Crippen LogP contribution in [0.1, 0.15) is 37.7 Å². The maximum absolute atomic E-state index is 4.79. The summed E-state index contributed by atoms with van der Waals surface area (Å²) < 4.78 is 2.21. The van der Waals surface area contributed by atoms with Crippen molar-refractivity contribution in [3.8, 4) is 16.8 Å². The highest BCUT2D eigenvalue weighted by molar-refractivity contribution is 6.02. The van der Waals surface area contributed by atoms with Crippen LogP contribution in [0, 0.1) is 6.92 Å². The normalized spacial score (nSPS) is 14.9. The van der Waals surface area contributed by atoms with E-state index in [9.17, 15) is 0 Å². The monoisotopic (exact) mass is 396 g/mol. The highest BCUT2D eigenvalue weighted by Gasteiger charge is 2.24. The summed E-state index contributed by atoms with van der Waals surface area (Å²) in [6.45, 7) is 2.13. The summed E-state index contributed by atoms with van der Waals surface area (Å²) in [5.74, 6) is 1.04. The van der Waals surface area contributed by atoms with Gasteiger partial charge in [-0.25, -0.2) is 9.97 Å². The average molecular weight is 397 g/mol. The van der Waals surface area contributed by atoms with Crippen molar-refractivity contribution in [1.82, 2.24) is 14.5 Å². The molecule has 4 aromatic rings. The molecular formula is C26H28N4. The van der Waals surface area contributed by atoms with Crippen LogP contribution < -0.4 is 4.90 Å². The van der Waals surface area contributed by atoms with Gasteiger partial charge >= 0.3 is 0 Å². The lowest BCUT2D eigenvalue weighted by Gasteiger charge is -2.32. The third kappa shape index (κ3) is 3.36. The molecule has 0 amide bonds. The molecule has 0 bridgehead atoms. The minimum absolute atomic E-state index is 0.544. The van der Waals surface area contributed by atoms with Gasteiger partial charge in [-0.15, -0.1) is 0 Å². The lowest BCUT2D eigenvalue weighted by atomic mass is 9.94. The molecule has 0 aliphatic heterocycles. The minimum Gasteiger partial charge on any atom is -0.356 e. The molecule has 1 aliphatic carbocycles. The number of fused-ring (bicyclic) bond motifs is 1. The zero-order chi connectivity index (χ0) is 20.5. The van der Waals surface area contributed by atoms with Crippen LogP contribution in [0.25, 0.3) is 27.8 Å². The highest BCUT2D eigenvalue weighted by atomic mass is 15.2. The van der Waals surface area contributed by atoms with Crippen molar-refractivity contribution in [2.24, 2.45) is 0 Å². The summed E-state index contributed by atoms with van der Waals surface area (Å²) in [6, 6.07) is 19.7. The van der Waals surface area contributed by atoms with Crippen LogP contribution in [0.2, 0.25) is 0 Å². The molecule has 0 radical (unpaired) electrons. The Kier molecular flexibility index (Phi) is 4.99. The quantitative estimate of drug-likeness (QED) is 0.414. The van der Waals surface area contributed by atoms with E-state index in [1.54, 1.807) is 6.33 Å². The Balaban J connectivity index is 1.74. The molecule has 4 heteroatoms. The van der Waals surface area contributed by atoms with Crippen molar-refractivity contribution < 1.29 is 0 Å². The summed E-state index contributed by atoms with van der Waals surface area (Å²) >= 11 is 0. The van der Waals surface area contributed by atoms with E-state index in [2.05, 4.69) is 84.2 Å². The first-order chi connectivity index (χ1) is 14.7. The van der Waals surface area contributed by atoms with Crippen molar-refractivity contribution in [1.29, 1.82) is 0 Å². The van der Waals surface area contributed by atoms with E-state index in [0.29, 0.717) is 6.04 Å². The maximum atomic E-state index is 4.79. The summed E-state index contributed by atoms with van der Waals surface area (Å²) in [4.78, 5) is 11.9. The molecule has 152 valence electrons. The van der Waals surface area contributed by atoms with E-state index < -0.39 is 0 Å². The molecule has 30 heavy (non-hydrogen) atoms. The molecular weight excluding hydrogens is 368 g/mol. The Hall–Kier alpha value is -3.14. The highest BCUT2D eigenvalue weighted by Crippen LogP contribution is 2.38. The van der Waals surface area contributed by atoms with Gasteiger partial charge in [-0.1, -0.05) is 61.7 Å². The molecule has 2 heterocycles. The lowest BCUT2D eigenvalue weighted by Crippen LogP contribution is -2.34. The molecule has 0 spiro atoms. The van der Waals surface area contributed by atoms with Crippen LogP contribution in [-0.4, -0.2) is 27.6 Å². The average Bonchev–Trinajstić information content (AvgIpc) is 3.20. The molecule has 1 saturated carbocycles. The van der Waals surface area contributed by atoms with Crippen molar-refractivity contribution in [2.75, 3.05) is 11.9 Å². The van der Waals surface area contributed by atoms with Crippen molar-refractivity contribution >= 4 is 16.9 Å². The number of nitrogens with zero attached hydrogens (tertiary/aromatic N) is 4. The van der Waals surface area contributed by atoms with Gasteiger partial charge in [-0.3, -0.25) is 0 Å². The second kappa shape index (κ2) is 7.94. The van der Waals surface area contributed by atoms with E-state index in [4.69, 9.17) is 9.97 Å². The number of anilines is 1. The molecule has 0 saturated heterocycles. The third-order valence-electron chi connectivity index (χ3n) is 6.38. The van der Waals surface area contributed by atoms with Crippen molar-refractivity contribution in [3.63, 3.8) is 0 Å². The number of hydrogen-bond acceptors (Lipinski definition) is 3. The molecule has 0 atom stereocenters. The Morgan fingerprint density at radius 1 is 0.933 bits per heavy atom. The van der Waals surface area contributed by atoms with Crippen LogP contribution >= 0.6 is 0 Å². The van der Waals surface area contributed by atoms with E-state index >= 15 is 0 Å². The molecule has 0 unspecified atom stereocenters. The van der Waals surface area contributed by atoms with Crippen LogP contribution in [0.3, 0.4) is 0 Å². The zero-order valence-corrected chi connectivity index (χ0v) is 17.8. The van der Waals surface area contributed by atoms with Gasteiger partial charge in [-0.2, -0.15) is 0 Å². The van der Waals surface area contributed by atoms with Gasteiger partial charge in [0.1, 0.15) is 12.1 Å². The van der Waals surface area contributed by atoms with E-state index in [1.165, 1.54) is 48.8 Å². The van der Waals surface area contributed by atoms with Gasteiger partial charge in [0.2, 0.25) is 0 Å². The van der Waals surface area contributed by atoms with Crippen molar-refractivity contribution in [2.45, 2.75) is 45.1 Å². The van der Waals surface area contributed by atoms with Crippen molar-refractivity contribution in [3.05, 3.63) is 72.7 Å². The van der Waals surface area contributed by atoms with Gasteiger partial charge in [0.25, 0.3) is 0 Å². The predicted molar refractivity (Wildman–Crippen MR) is 124 cm³/mol. The third-order valence-corrected chi connectivity index (χ3v) is 6.38. The van der Waals surface area contributed by atoms with Gasteiger partial charge < -0.3 is 9.47 Å². The molecule has 1 fully saturated rings. The SMILES string of the molecule is Cc1cccc(-n2cc(-c3ccccc3)c3c(N(C)C4CCCCC4)ncnc32)c1. The number of aromatic nitrogens is 3. The molecule has 1 aliphatic rings. The summed E-state index contributed by atoms with van der Waals surface area (Å²) in [5, 5.41) is 1.14. The number of benzene rings is 2. The first-order valence-corrected chi connectivity index (χ1v) is 10.9. The van der Waals surface area contributed by atoms with Gasteiger partial charge in [-0.05, 0) is 43.0 Å². The smallest absolute Gasteiger partial charge is 0.150 e. The van der Waals surface area contributed by atoms with E-state index in [1.807, 2.05) is 0 Å². The van der Waals surface area contributed by atoms with Gasteiger partial charge in [0.05, 0.1) is 5.39 Å². The second-order valence-corrected chi connectivity index (χ2v) is 8.42.